The fraction of sp³-hybridized carbons (Fsp3) is 0.583. The molecule has 0 unspecified atom stereocenters. The molecule has 1 aliphatic rings. The van der Waals surface area contributed by atoms with Crippen molar-refractivity contribution < 1.29 is 20.1 Å². The molecule has 114 valence electrons. The summed E-state index contributed by atoms with van der Waals surface area (Å²) in [6.45, 7) is -0.376. The van der Waals surface area contributed by atoms with Crippen molar-refractivity contribution in [1.82, 2.24) is 19.5 Å². The second-order valence-corrected chi connectivity index (χ2v) is 5.15. The van der Waals surface area contributed by atoms with Gasteiger partial charge < -0.3 is 25.0 Å². The third kappa shape index (κ3) is 2.23. The highest BCUT2D eigenvalue weighted by atomic mass is 16.6. The van der Waals surface area contributed by atoms with E-state index in [4.69, 9.17) is 9.84 Å². The lowest BCUT2D eigenvalue weighted by atomic mass is 10.1. The van der Waals surface area contributed by atoms with Crippen LogP contribution in [0.5, 0.6) is 0 Å². The van der Waals surface area contributed by atoms with E-state index in [9.17, 15) is 10.2 Å². The zero-order valence-corrected chi connectivity index (χ0v) is 11.7. The number of fused-ring (bicyclic) bond motifs is 1. The van der Waals surface area contributed by atoms with Gasteiger partial charge in [-0.05, 0) is 0 Å². The molecule has 3 N–H and O–H groups in total. The Bertz CT molecular complexity index is 646. The van der Waals surface area contributed by atoms with Gasteiger partial charge in [0.25, 0.3) is 0 Å². The van der Waals surface area contributed by atoms with Gasteiger partial charge >= 0.3 is 0 Å². The molecule has 0 saturated carbocycles. The fourth-order valence-corrected chi connectivity index (χ4v) is 2.33. The average molecular weight is 295 g/mol. The molecule has 0 aliphatic carbocycles. The maximum Gasteiger partial charge on any atom is 0.226 e. The number of aliphatic hydroxyl groups is 3. The maximum absolute atomic E-state index is 10.1. The van der Waals surface area contributed by atoms with Gasteiger partial charge in [0.1, 0.15) is 23.8 Å². The summed E-state index contributed by atoms with van der Waals surface area (Å²) in [7, 11) is 3.63. The summed E-state index contributed by atoms with van der Waals surface area (Å²) >= 11 is 0. The first-order chi connectivity index (χ1) is 10.0. The molecule has 9 nitrogen and oxygen atoms in total. The lowest BCUT2D eigenvalue weighted by Gasteiger charge is -2.17. The standard InChI is InChI=1S/C12H17N5O4/c1-16(2)12-13-3-6-10(15-12)17(5-14-6)11-9(20)8(19)7(4-18)21-11/h3,5,7-9,11,18-20H,4H2,1-2H3/t7-,8-,9-,11-/m1/s1. The van der Waals surface area contributed by atoms with Gasteiger partial charge in [0.15, 0.2) is 11.9 Å². The third-order valence-electron chi connectivity index (χ3n) is 3.49. The number of ether oxygens (including phenoxy) is 1. The molecule has 0 amide bonds. The molecule has 2 aromatic rings. The van der Waals surface area contributed by atoms with Crippen molar-refractivity contribution in [3.05, 3.63) is 12.5 Å². The molecule has 0 bridgehead atoms. The SMILES string of the molecule is CN(C)c1ncc2ncn([C@@H]3O[C@H](CO)[C@@H](O)[C@H]3O)c2n1. The molecule has 0 spiro atoms. The van der Waals surface area contributed by atoms with Crippen molar-refractivity contribution in [2.45, 2.75) is 24.5 Å². The predicted molar refractivity (Wildman–Crippen MR) is 72.7 cm³/mol. The molecule has 9 heteroatoms. The van der Waals surface area contributed by atoms with Crippen LogP contribution in [0.2, 0.25) is 0 Å². The fourth-order valence-electron chi connectivity index (χ4n) is 2.33. The highest BCUT2D eigenvalue weighted by molar-refractivity contribution is 5.71. The second-order valence-electron chi connectivity index (χ2n) is 5.15. The lowest BCUT2D eigenvalue weighted by molar-refractivity contribution is -0.0511. The Morgan fingerprint density at radius 1 is 1.29 bits per heavy atom. The van der Waals surface area contributed by atoms with E-state index in [2.05, 4.69) is 15.0 Å². The summed E-state index contributed by atoms with van der Waals surface area (Å²) in [5.41, 5.74) is 1.04. The summed E-state index contributed by atoms with van der Waals surface area (Å²) in [5.74, 6) is 0.496. The van der Waals surface area contributed by atoms with Gasteiger partial charge in [0.05, 0.1) is 19.1 Å². The van der Waals surface area contributed by atoms with Gasteiger partial charge in [-0.2, -0.15) is 4.98 Å². The Morgan fingerprint density at radius 2 is 2.05 bits per heavy atom. The van der Waals surface area contributed by atoms with E-state index < -0.39 is 24.5 Å². The summed E-state index contributed by atoms with van der Waals surface area (Å²) in [6.07, 6.45) is -0.969. The maximum atomic E-state index is 10.1. The average Bonchev–Trinajstić information content (AvgIpc) is 3.01. The van der Waals surface area contributed by atoms with E-state index >= 15 is 0 Å². The van der Waals surface area contributed by atoms with Crippen LogP contribution in [0.25, 0.3) is 11.2 Å². The molecule has 0 radical (unpaired) electrons. The van der Waals surface area contributed by atoms with Crippen LogP contribution in [0.15, 0.2) is 12.5 Å². The van der Waals surface area contributed by atoms with Crippen molar-refractivity contribution in [2.24, 2.45) is 0 Å². The minimum Gasteiger partial charge on any atom is -0.394 e. The number of imidazole rings is 1. The molecule has 2 aromatic heterocycles. The van der Waals surface area contributed by atoms with Crippen LogP contribution in [0.1, 0.15) is 6.23 Å². The summed E-state index contributed by atoms with van der Waals surface area (Å²) < 4.78 is 7.02. The molecule has 3 rings (SSSR count). The highest BCUT2D eigenvalue weighted by Gasteiger charge is 2.43. The first-order valence-corrected chi connectivity index (χ1v) is 6.52. The molecule has 1 fully saturated rings. The quantitative estimate of drug-likeness (QED) is 0.626. The summed E-state index contributed by atoms with van der Waals surface area (Å²) in [6, 6.07) is 0. The summed E-state index contributed by atoms with van der Waals surface area (Å²) in [4.78, 5) is 14.4. The van der Waals surface area contributed by atoms with Gasteiger partial charge in [-0.3, -0.25) is 4.57 Å². The predicted octanol–water partition coefficient (Wildman–Crippen LogP) is -1.50. The minimum atomic E-state index is -1.17. The smallest absolute Gasteiger partial charge is 0.226 e. The number of aliphatic hydroxyl groups excluding tert-OH is 3. The number of rotatable bonds is 3. The third-order valence-corrected chi connectivity index (χ3v) is 3.49. The Labute approximate surface area is 120 Å². The monoisotopic (exact) mass is 295 g/mol. The van der Waals surface area contributed by atoms with Gasteiger partial charge in [-0.15, -0.1) is 0 Å². The molecule has 1 aliphatic heterocycles. The van der Waals surface area contributed by atoms with Crippen molar-refractivity contribution in [3.63, 3.8) is 0 Å². The zero-order valence-electron chi connectivity index (χ0n) is 11.7. The molecular formula is C12H17N5O4. The van der Waals surface area contributed by atoms with E-state index in [-0.39, 0.29) is 6.61 Å². The number of hydrogen-bond donors (Lipinski definition) is 3. The van der Waals surface area contributed by atoms with E-state index in [0.29, 0.717) is 17.1 Å². The zero-order chi connectivity index (χ0) is 15.1. The number of hydrogen-bond acceptors (Lipinski definition) is 8. The minimum absolute atomic E-state index is 0.376. The van der Waals surface area contributed by atoms with E-state index in [1.165, 1.54) is 10.9 Å². The van der Waals surface area contributed by atoms with Gasteiger partial charge in [0, 0.05) is 14.1 Å². The van der Waals surface area contributed by atoms with Crippen molar-refractivity contribution in [3.8, 4) is 0 Å². The van der Waals surface area contributed by atoms with Crippen LogP contribution in [0, 0.1) is 0 Å². The van der Waals surface area contributed by atoms with Crippen LogP contribution >= 0.6 is 0 Å². The Hall–Kier alpha value is -1.81. The van der Waals surface area contributed by atoms with Crippen LogP contribution in [-0.4, -0.2) is 73.9 Å². The van der Waals surface area contributed by atoms with Crippen LogP contribution in [0.3, 0.4) is 0 Å². The highest BCUT2D eigenvalue weighted by Crippen LogP contribution is 2.31. The van der Waals surface area contributed by atoms with Gasteiger partial charge in [-0.1, -0.05) is 0 Å². The normalized spacial score (nSPS) is 29.2. The first kappa shape index (κ1) is 14.1. The molecular weight excluding hydrogens is 278 g/mol. The van der Waals surface area contributed by atoms with Crippen molar-refractivity contribution >= 4 is 17.1 Å². The Balaban J connectivity index is 2.02. The first-order valence-electron chi connectivity index (χ1n) is 6.52. The number of anilines is 1. The molecule has 21 heavy (non-hydrogen) atoms. The number of aromatic nitrogens is 4. The van der Waals surface area contributed by atoms with Crippen LogP contribution in [-0.2, 0) is 4.74 Å². The summed E-state index contributed by atoms with van der Waals surface area (Å²) in [5, 5.41) is 29.1. The lowest BCUT2D eigenvalue weighted by Crippen LogP contribution is -2.33. The molecule has 0 aromatic carbocycles. The van der Waals surface area contributed by atoms with Crippen LogP contribution in [0.4, 0.5) is 5.95 Å². The Morgan fingerprint density at radius 3 is 2.67 bits per heavy atom. The van der Waals surface area contributed by atoms with E-state index in [1.54, 1.807) is 11.1 Å². The molecule has 1 saturated heterocycles. The van der Waals surface area contributed by atoms with Crippen molar-refractivity contribution in [2.75, 3.05) is 25.6 Å². The molecule has 4 atom stereocenters. The van der Waals surface area contributed by atoms with E-state index in [1.807, 2.05) is 14.1 Å². The largest absolute Gasteiger partial charge is 0.394 e. The van der Waals surface area contributed by atoms with Gasteiger partial charge in [-0.25, -0.2) is 9.97 Å². The number of nitrogens with zero attached hydrogens (tertiary/aromatic N) is 5. The van der Waals surface area contributed by atoms with E-state index in [0.717, 1.165) is 0 Å². The molecule has 3 heterocycles. The topological polar surface area (TPSA) is 117 Å². The second kappa shape index (κ2) is 5.19. The Kier molecular flexibility index (Phi) is 3.49. The van der Waals surface area contributed by atoms with Crippen molar-refractivity contribution in [1.29, 1.82) is 0 Å². The van der Waals surface area contributed by atoms with Gasteiger partial charge in [0.2, 0.25) is 5.95 Å². The van der Waals surface area contributed by atoms with Crippen LogP contribution < -0.4 is 4.90 Å².